The molecule has 2 heterocycles. The molecule has 1 N–H and O–H groups in total. The molecule has 2 fully saturated rings. The molecule has 4 rings (SSSR count). The lowest BCUT2D eigenvalue weighted by Crippen LogP contribution is -2.47. The van der Waals surface area contributed by atoms with Gasteiger partial charge in [0, 0.05) is 6.07 Å². The Morgan fingerprint density at radius 3 is 1.97 bits per heavy atom. The third-order valence-corrected chi connectivity index (χ3v) is 6.99. The van der Waals surface area contributed by atoms with Crippen molar-refractivity contribution in [2.45, 2.75) is 88.8 Å². The summed E-state index contributed by atoms with van der Waals surface area (Å²) in [4.78, 5) is 29.7. The van der Waals surface area contributed by atoms with E-state index in [9.17, 15) is 22.8 Å². The highest BCUT2D eigenvalue weighted by Gasteiger charge is 2.51. The number of hydrogen-bond acceptors (Lipinski definition) is 3. The molecule has 160 valence electrons. The van der Waals surface area contributed by atoms with E-state index in [1.165, 1.54) is 17.4 Å². The summed E-state index contributed by atoms with van der Waals surface area (Å²) in [7, 11) is 0. The Balaban J connectivity index is 1.76. The van der Waals surface area contributed by atoms with Crippen LogP contribution in [0.2, 0.25) is 0 Å². The van der Waals surface area contributed by atoms with Crippen LogP contribution in [-0.4, -0.2) is 15.5 Å². The molecule has 3 aliphatic rings. The minimum atomic E-state index is -4.72. The Kier molecular flexibility index (Phi) is 5.46. The highest BCUT2D eigenvalue weighted by molar-refractivity contribution is 5.99. The first kappa shape index (κ1) is 20.4. The number of alkyl halides is 3. The highest BCUT2D eigenvalue weighted by atomic mass is 19.4. The predicted molar refractivity (Wildman–Crippen MR) is 102 cm³/mol. The van der Waals surface area contributed by atoms with E-state index in [1.54, 1.807) is 0 Å². The van der Waals surface area contributed by atoms with Gasteiger partial charge in [-0.15, -0.1) is 0 Å². The molecule has 29 heavy (non-hydrogen) atoms. The van der Waals surface area contributed by atoms with Crippen molar-refractivity contribution >= 4 is 11.9 Å². The van der Waals surface area contributed by atoms with E-state index in [0.717, 1.165) is 51.4 Å². The summed E-state index contributed by atoms with van der Waals surface area (Å²) in [6, 6.07) is 0.542. The highest BCUT2D eigenvalue weighted by Crippen LogP contribution is 2.45. The molecule has 1 aliphatic heterocycles. The molecule has 0 bridgehead atoms. The second-order valence-corrected chi connectivity index (χ2v) is 9.04. The van der Waals surface area contributed by atoms with E-state index < -0.39 is 23.0 Å². The Hall–Kier alpha value is -1.86. The topological polar surface area (TPSA) is 64.0 Å². The number of nitrogens with one attached hydrogen (secondary N) is 1. The Labute approximate surface area is 168 Å². The zero-order valence-electron chi connectivity index (χ0n) is 16.6. The Morgan fingerprint density at radius 1 is 0.966 bits per heavy atom. The van der Waals surface area contributed by atoms with Crippen molar-refractivity contribution < 1.29 is 18.0 Å². The fraction of sp³-hybridized carbons (Fsp3) is 0.762. The molecule has 0 aromatic carbocycles. The molecule has 2 aliphatic carbocycles. The zero-order valence-corrected chi connectivity index (χ0v) is 16.6. The van der Waals surface area contributed by atoms with Crippen molar-refractivity contribution in [2.24, 2.45) is 11.8 Å². The first-order valence-electron chi connectivity index (χ1n) is 10.8. The van der Waals surface area contributed by atoms with Gasteiger partial charge in [0.15, 0.2) is 5.69 Å². The van der Waals surface area contributed by atoms with Gasteiger partial charge in [0.2, 0.25) is 5.95 Å². The summed E-state index contributed by atoms with van der Waals surface area (Å²) in [5.74, 6) is -0.00418. The number of hydrogen-bond donors (Lipinski definition) is 1. The first-order chi connectivity index (χ1) is 13.8. The number of amides is 1. The lowest BCUT2D eigenvalue weighted by atomic mass is 9.72. The maximum absolute atomic E-state index is 13.2. The average Bonchev–Trinajstić information content (AvgIpc) is 2.94. The maximum Gasteiger partial charge on any atom is 0.433 e. The van der Waals surface area contributed by atoms with Crippen LogP contribution >= 0.6 is 0 Å². The van der Waals surface area contributed by atoms with E-state index in [4.69, 9.17) is 0 Å². The number of anilines is 1. The van der Waals surface area contributed by atoms with Crippen LogP contribution in [0.4, 0.5) is 19.1 Å². The van der Waals surface area contributed by atoms with Crippen molar-refractivity contribution in [3.05, 3.63) is 22.1 Å². The molecule has 1 amide bonds. The SMILES string of the molecule is O=C1Nc2nc(C(F)(F)F)cc(=O)n2C1(CC1CCCCC1)CC1CCCCC1. The Morgan fingerprint density at radius 2 is 1.48 bits per heavy atom. The summed E-state index contributed by atoms with van der Waals surface area (Å²) >= 11 is 0. The molecular weight excluding hydrogens is 383 g/mol. The summed E-state index contributed by atoms with van der Waals surface area (Å²) in [6.45, 7) is 0. The van der Waals surface area contributed by atoms with E-state index in [2.05, 4.69) is 10.3 Å². The van der Waals surface area contributed by atoms with Crippen LogP contribution in [0, 0.1) is 11.8 Å². The van der Waals surface area contributed by atoms with Crippen LogP contribution in [0.25, 0.3) is 0 Å². The minimum Gasteiger partial charge on any atom is -0.294 e. The van der Waals surface area contributed by atoms with Crippen LogP contribution < -0.4 is 10.9 Å². The van der Waals surface area contributed by atoms with Crippen LogP contribution in [0.3, 0.4) is 0 Å². The molecule has 0 spiro atoms. The third kappa shape index (κ3) is 3.94. The molecule has 0 radical (unpaired) electrons. The van der Waals surface area contributed by atoms with Crippen molar-refractivity contribution in [3.63, 3.8) is 0 Å². The fourth-order valence-corrected chi connectivity index (χ4v) is 5.63. The van der Waals surface area contributed by atoms with Gasteiger partial charge < -0.3 is 0 Å². The van der Waals surface area contributed by atoms with Gasteiger partial charge in [-0.1, -0.05) is 64.2 Å². The van der Waals surface area contributed by atoms with Crippen LogP contribution in [0.1, 0.15) is 82.7 Å². The summed E-state index contributed by atoms with van der Waals surface area (Å²) in [6.07, 6.45) is 7.01. The lowest BCUT2D eigenvalue weighted by molar-refractivity contribution is -0.141. The average molecular weight is 411 g/mol. The van der Waals surface area contributed by atoms with E-state index in [0.29, 0.717) is 30.7 Å². The number of halogens is 3. The monoisotopic (exact) mass is 411 g/mol. The summed E-state index contributed by atoms with van der Waals surface area (Å²) in [5, 5.41) is 2.53. The van der Waals surface area contributed by atoms with Gasteiger partial charge in [-0.05, 0) is 24.7 Å². The van der Waals surface area contributed by atoms with Crippen molar-refractivity contribution in [1.29, 1.82) is 0 Å². The van der Waals surface area contributed by atoms with Gasteiger partial charge in [-0.25, -0.2) is 4.98 Å². The zero-order chi connectivity index (χ0) is 20.6. The minimum absolute atomic E-state index is 0.249. The molecule has 1 aromatic rings. The predicted octanol–water partition coefficient (Wildman–Crippen LogP) is 4.85. The van der Waals surface area contributed by atoms with Crippen molar-refractivity contribution in [3.8, 4) is 0 Å². The van der Waals surface area contributed by atoms with Crippen LogP contribution in [-0.2, 0) is 16.5 Å². The van der Waals surface area contributed by atoms with E-state index >= 15 is 0 Å². The molecule has 8 heteroatoms. The standard InChI is InChI=1S/C21H28F3N3O2/c22-21(23,24)16-11-17(28)27-19(25-16)26-18(29)20(27,12-14-7-3-1-4-8-14)13-15-9-5-2-6-10-15/h11,14-15H,1-10,12-13H2,(H,25,26,29). The van der Waals surface area contributed by atoms with Gasteiger partial charge >= 0.3 is 6.18 Å². The second kappa shape index (κ2) is 7.76. The van der Waals surface area contributed by atoms with Gasteiger partial charge in [0.1, 0.15) is 5.54 Å². The second-order valence-electron chi connectivity index (χ2n) is 9.04. The molecular formula is C21H28F3N3O2. The van der Waals surface area contributed by atoms with Gasteiger partial charge in [0.05, 0.1) is 0 Å². The number of aromatic nitrogens is 2. The van der Waals surface area contributed by atoms with Crippen LogP contribution in [0.5, 0.6) is 0 Å². The van der Waals surface area contributed by atoms with Crippen LogP contribution in [0.15, 0.2) is 10.9 Å². The smallest absolute Gasteiger partial charge is 0.294 e. The number of carbonyl (C=O) groups is 1. The molecule has 5 nitrogen and oxygen atoms in total. The number of rotatable bonds is 4. The van der Waals surface area contributed by atoms with Gasteiger partial charge in [-0.3, -0.25) is 19.5 Å². The molecule has 2 saturated carbocycles. The lowest BCUT2D eigenvalue weighted by Gasteiger charge is -2.37. The molecule has 1 aromatic heterocycles. The van der Waals surface area contributed by atoms with E-state index in [-0.39, 0.29) is 11.9 Å². The first-order valence-corrected chi connectivity index (χ1v) is 10.8. The van der Waals surface area contributed by atoms with Crippen molar-refractivity contribution in [2.75, 3.05) is 5.32 Å². The fourth-order valence-electron chi connectivity index (χ4n) is 5.63. The quantitative estimate of drug-likeness (QED) is 0.770. The number of nitrogens with zero attached hydrogens (tertiary/aromatic N) is 2. The largest absolute Gasteiger partial charge is 0.433 e. The van der Waals surface area contributed by atoms with Gasteiger partial charge in [-0.2, -0.15) is 13.2 Å². The Bertz CT molecular complexity index is 801. The summed E-state index contributed by atoms with van der Waals surface area (Å²) in [5.41, 5.74) is -3.15. The normalized spacial score (nSPS) is 23.1. The molecule has 0 unspecified atom stereocenters. The number of carbonyl (C=O) groups excluding carboxylic acids is 1. The third-order valence-electron chi connectivity index (χ3n) is 6.99. The summed E-state index contributed by atoms with van der Waals surface area (Å²) < 4.78 is 40.7. The molecule has 0 saturated heterocycles. The number of fused-ring (bicyclic) bond motifs is 1. The van der Waals surface area contributed by atoms with Crippen molar-refractivity contribution in [1.82, 2.24) is 9.55 Å². The maximum atomic E-state index is 13.2. The van der Waals surface area contributed by atoms with E-state index in [1.807, 2.05) is 0 Å². The molecule has 0 atom stereocenters. The van der Waals surface area contributed by atoms with Gasteiger partial charge in [0.25, 0.3) is 11.5 Å².